The second kappa shape index (κ2) is 7.28. The van der Waals surface area contributed by atoms with E-state index in [0.717, 1.165) is 23.1 Å². The molecule has 0 unspecified atom stereocenters. The van der Waals surface area contributed by atoms with E-state index < -0.39 is 23.4 Å². The van der Waals surface area contributed by atoms with Crippen molar-refractivity contribution in [2.45, 2.75) is 6.92 Å². The summed E-state index contributed by atoms with van der Waals surface area (Å²) in [5, 5.41) is 9.59. The lowest BCUT2D eigenvalue weighted by atomic mass is 10.1. The van der Waals surface area contributed by atoms with Gasteiger partial charge in [-0.1, -0.05) is 6.08 Å². The Balaban J connectivity index is 2.93. The minimum Gasteiger partial charge on any atom is -0.507 e. The van der Waals surface area contributed by atoms with Crippen LogP contribution >= 0.6 is 0 Å². The Bertz CT molecular complexity index is 516. The predicted octanol–water partition coefficient (Wildman–Crippen LogP) is 1.72. The molecule has 0 fully saturated rings. The van der Waals surface area contributed by atoms with Gasteiger partial charge < -0.3 is 14.7 Å². The average molecular weight is 281 g/mol. The van der Waals surface area contributed by atoms with Crippen LogP contribution in [0.5, 0.6) is 5.75 Å². The van der Waals surface area contributed by atoms with Crippen molar-refractivity contribution in [3.63, 3.8) is 0 Å². The second-order valence-corrected chi connectivity index (χ2v) is 3.94. The lowest BCUT2D eigenvalue weighted by molar-refractivity contribution is -0.143. The highest BCUT2D eigenvalue weighted by molar-refractivity contribution is 5.98. The summed E-state index contributed by atoms with van der Waals surface area (Å²) in [5.74, 6) is -2.30. The molecular formula is C14H16FNO4. The van der Waals surface area contributed by atoms with Gasteiger partial charge in [0, 0.05) is 12.6 Å². The van der Waals surface area contributed by atoms with Crippen LogP contribution in [0.25, 0.3) is 0 Å². The number of amides is 1. The van der Waals surface area contributed by atoms with E-state index in [1.54, 1.807) is 6.92 Å². The number of rotatable bonds is 6. The molecule has 0 bridgehead atoms. The summed E-state index contributed by atoms with van der Waals surface area (Å²) < 4.78 is 17.7. The van der Waals surface area contributed by atoms with Crippen LogP contribution in [0.1, 0.15) is 17.3 Å². The van der Waals surface area contributed by atoms with E-state index in [9.17, 15) is 19.1 Å². The lowest BCUT2D eigenvalue weighted by Crippen LogP contribution is -2.36. The van der Waals surface area contributed by atoms with Gasteiger partial charge in [-0.25, -0.2) is 4.39 Å². The Labute approximate surface area is 116 Å². The van der Waals surface area contributed by atoms with Crippen molar-refractivity contribution in [2.75, 3.05) is 19.7 Å². The van der Waals surface area contributed by atoms with Crippen molar-refractivity contribution in [3.8, 4) is 5.75 Å². The molecule has 108 valence electrons. The smallest absolute Gasteiger partial charge is 0.325 e. The first-order chi connectivity index (χ1) is 9.49. The zero-order chi connectivity index (χ0) is 15.1. The third-order valence-electron chi connectivity index (χ3n) is 2.45. The number of aromatic hydroxyl groups is 1. The van der Waals surface area contributed by atoms with Gasteiger partial charge in [-0.3, -0.25) is 9.59 Å². The molecule has 0 aliphatic heterocycles. The largest absolute Gasteiger partial charge is 0.507 e. The molecule has 0 spiro atoms. The number of phenolic OH excluding ortho intramolecular Hbond substituents is 1. The third-order valence-corrected chi connectivity index (χ3v) is 2.45. The fourth-order valence-corrected chi connectivity index (χ4v) is 1.59. The summed E-state index contributed by atoms with van der Waals surface area (Å²) in [5.41, 5.74) is -0.0856. The maximum absolute atomic E-state index is 12.9. The Hall–Kier alpha value is -2.37. The van der Waals surface area contributed by atoms with Crippen molar-refractivity contribution in [1.29, 1.82) is 0 Å². The van der Waals surface area contributed by atoms with Crippen LogP contribution in [-0.2, 0) is 9.53 Å². The highest BCUT2D eigenvalue weighted by Crippen LogP contribution is 2.20. The van der Waals surface area contributed by atoms with Gasteiger partial charge in [-0.2, -0.15) is 0 Å². The Morgan fingerprint density at radius 2 is 2.20 bits per heavy atom. The summed E-state index contributed by atoms with van der Waals surface area (Å²) in [7, 11) is 0. The van der Waals surface area contributed by atoms with Gasteiger partial charge in [-0.05, 0) is 19.1 Å². The van der Waals surface area contributed by atoms with Crippen molar-refractivity contribution in [3.05, 3.63) is 42.2 Å². The standard InChI is InChI=1S/C14H16FNO4/c1-3-7-16(9-13(18)20-4-2)14(19)11-6-5-10(15)8-12(11)17/h3,5-6,8,17H,1,4,7,9H2,2H3. The molecule has 0 aliphatic rings. The van der Waals surface area contributed by atoms with Gasteiger partial charge in [0.15, 0.2) is 0 Å². The predicted molar refractivity (Wildman–Crippen MR) is 70.8 cm³/mol. The normalized spacial score (nSPS) is 9.90. The van der Waals surface area contributed by atoms with Gasteiger partial charge in [-0.15, -0.1) is 6.58 Å². The molecule has 0 saturated carbocycles. The van der Waals surface area contributed by atoms with Crippen LogP contribution in [0.4, 0.5) is 4.39 Å². The number of benzene rings is 1. The fourth-order valence-electron chi connectivity index (χ4n) is 1.59. The molecule has 1 rings (SSSR count). The zero-order valence-electron chi connectivity index (χ0n) is 11.1. The van der Waals surface area contributed by atoms with Crippen LogP contribution in [0.15, 0.2) is 30.9 Å². The van der Waals surface area contributed by atoms with E-state index in [0.29, 0.717) is 0 Å². The van der Waals surface area contributed by atoms with Gasteiger partial charge in [0.2, 0.25) is 0 Å². The van der Waals surface area contributed by atoms with Crippen LogP contribution in [0, 0.1) is 5.82 Å². The number of phenols is 1. The van der Waals surface area contributed by atoms with E-state index in [1.807, 2.05) is 0 Å². The van der Waals surface area contributed by atoms with Crippen molar-refractivity contribution < 1.29 is 23.8 Å². The van der Waals surface area contributed by atoms with Crippen LogP contribution in [-0.4, -0.2) is 41.6 Å². The maximum atomic E-state index is 12.9. The topological polar surface area (TPSA) is 66.8 Å². The molecule has 1 amide bonds. The Morgan fingerprint density at radius 3 is 2.75 bits per heavy atom. The number of hydrogen-bond acceptors (Lipinski definition) is 4. The first-order valence-electron chi connectivity index (χ1n) is 6.03. The number of carbonyl (C=O) groups is 2. The lowest BCUT2D eigenvalue weighted by Gasteiger charge is -2.20. The monoisotopic (exact) mass is 281 g/mol. The molecule has 0 atom stereocenters. The van der Waals surface area contributed by atoms with E-state index in [-0.39, 0.29) is 25.3 Å². The molecule has 20 heavy (non-hydrogen) atoms. The van der Waals surface area contributed by atoms with Gasteiger partial charge in [0.1, 0.15) is 18.1 Å². The summed E-state index contributed by atoms with van der Waals surface area (Å²) in [6, 6.07) is 3.06. The SMILES string of the molecule is C=CCN(CC(=O)OCC)C(=O)c1ccc(F)cc1O. The van der Waals surface area contributed by atoms with E-state index >= 15 is 0 Å². The number of carbonyl (C=O) groups excluding carboxylic acids is 2. The average Bonchev–Trinajstić information content (AvgIpc) is 2.38. The molecule has 1 aromatic carbocycles. The van der Waals surface area contributed by atoms with Crippen molar-refractivity contribution >= 4 is 11.9 Å². The molecule has 0 aromatic heterocycles. The number of nitrogens with zero attached hydrogens (tertiary/aromatic N) is 1. The van der Waals surface area contributed by atoms with Gasteiger partial charge in [0.05, 0.1) is 12.2 Å². The number of hydrogen-bond donors (Lipinski definition) is 1. The fraction of sp³-hybridized carbons (Fsp3) is 0.286. The molecular weight excluding hydrogens is 265 g/mol. The maximum Gasteiger partial charge on any atom is 0.325 e. The molecule has 0 saturated heterocycles. The quantitative estimate of drug-likeness (QED) is 0.637. The first kappa shape index (κ1) is 15.7. The third kappa shape index (κ3) is 4.08. The Kier molecular flexibility index (Phi) is 5.71. The van der Waals surface area contributed by atoms with Crippen molar-refractivity contribution in [1.82, 2.24) is 4.90 Å². The molecule has 0 heterocycles. The van der Waals surface area contributed by atoms with E-state index in [4.69, 9.17) is 4.74 Å². The zero-order valence-corrected chi connectivity index (χ0v) is 11.1. The van der Waals surface area contributed by atoms with E-state index in [1.165, 1.54) is 6.08 Å². The Morgan fingerprint density at radius 1 is 1.50 bits per heavy atom. The summed E-state index contributed by atoms with van der Waals surface area (Å²) in [4.78, 5) is 24.8. The highest BCUT2D eigenvalue weighted by atomic mass is 19.1. The molecule has 1 aromatic rings. The first-order valence-corrected chi connectivity index (χ1v) is 6.03. The summed E-state index contributed by atoms with van der Waals surface area (Å²) in [6.07, 6.45) is 1.44. The molecule has 0 radical (unpaired) electrons. The second-order valence-electron chi connectivity index (χ2n) is 3.94. The highest BCUT2D eigenvalue weighted by Gasteiger charge is 2.21. The van der Waals surface area contributed by atoms with Crippen LogP contribution < -0.4 is 0 Å². The minimum atomic E-state index is -0.653. The van der Waals surface area contributed by atoms with Gasteiger partial charge >= 0.3 is 5.97 Å². The summed E-state index contributed by atoms with van der Waals surface area (Å²) in [6.45, 7) is 5.20. The summed E-state index contributed by atoms with van der Waals surface area (Å²) >= 11 is 0. The molecule has 1 N–H and O–H groups in total. The molecule has 0 aliphatic carbocycles. The van der Waals surface area contributed by atoms with Crippen molar-refractivity contribution in [2.24, 2.45) is 0 Å². The van der Waals surface area contributed by atoms with Crippen LogP contribution in [0.3, 0.4) is 0 Å². The van der Waals surface area contributed by atoms with E-state index in [2.05, 4.69) is 6.58 Å². The molecule has 6 heteroatoms. The van der Waals surface area contributed by atoms with Gasteiger partial charge in [0.25, 0.3) is 5.91 Å². The number of esters is 1. The minimum absolute atomic E-state index is 0.0856. The van der Waals surface area contributed by atoms with Crippen LogP contribution in [0.2, 0.25) is 0 Å². The number of halogens is 1. The number of ether oxygens (including phenoxy) is 1. The molecule has 5 nitrogen and oxygen atoms in total.